The van der Waals surface area contributed by atoms with E-state index in [-0.39, 0.29) is 18.0 Å². The van der Waals surface area contributed by atoms with Crippen LogP contribution in [0.1, 0.15) is 16.1 Å². The second-order valence-electron chi connectivity index (χ2n) is 3.60. The molecular weight excluding hydrogens is 277 g/mol. The van der Waals surface area contributed by atoms with Gasteiger partial charge in [-0.2, -0.15) is 0 Å². The molecule has 94 valence electrons. The van der Waals surface area contributed by atoms with E-state index in [0.29, 0.717) is 21.3 Å². The molecule has 18 heavy (non-hydrogen) atoms. The number of H-pyrrole nitrogens is 2. The summed E-state index contributed by atoms with van der Waals surface area (Å²) in [6.45, 7) is 0.220. The third-order valence-electron chi connectivity index (χ3n) is 2.27. The summed E-state index contributed by atoms with van der Waals surface area (Å²) >= 11 is 11.6. The third-order valence-corrected chi connectivity index (χ3v) is 3.01. The molecule has 7 heteroatoms. The molecule has 0 saturated heterocycles. The minimum atomic E-state index is -0.296. The Balaban J connectivity index is 2.03. The summed E-state index contributed by atoms with van der Waals surface area (Å²) in [5, 5.41) is 8.37. The van der Waals surface area contributed by atoms with Gasteiger partial charge in [-0.05, 0) is 18.2 Å². The smallest absolute Gasteiger partial charge is 0.264 e. The highest BCUT2D eigenvalue weighted by Crippen LogP contribution is 2.22. The highest BCUT2D eigenvalue weighted by Gasteiger charge is 2.08. The quantitative estimate of drug-likeness (QED) is 0.806. The lowest BCUT2D eigenvalue weighted by molar-refractivity contribution is 0.0950. The van der Waals surface area contributed by atoms with Crippen molar-refractivity contribution < 1.29 is 4.79 Å². The van der Waals surface area contributed by atoms with Gasteiger partial charge in [-0.15, -0.1) is 0 Å². The summed E-state index contributed by atoms with van der Waals surface area (Å²) in [7, 11) is 0. The maximum atomic E-state index is 11.8. The second kappa shape index (κ2) is 5.29. The number of carbonyl (C=O) groups excluding carboxylic acids is 1. The summed E-state index contributed by atoms with van der Waals surface area (Å²) in [5.74, 6) is -0.296. The van der Waals surface area contributed by atoms with Crippen molar-refractivity contribution in [1.82, 2.24) is 15.5 Å². The number of benzene rings is 1. The van der Waals surface area contributed by atoms with Crippen molar-refractivity contribution in [1.29, 1.82) is 0 Å². The molecule has 2 rings (SSSR count). The zero-order valence-electron chi connectivity index (χ0n) is 9.09. The largest absolute Gasteiger partial charge is 0.346 e. The van der Waals surface area contributed by atoms with Crippen LogP contribution in [0.5, 0.6) is 0 Å². The zero-order valence-corrected chi connectivity index (χ0v) is 10.6. The van der Waals surface area contributed by atoms with Crippen LogP contribution in [0, 0.1) is 0 Å². The van der Waals surface area contributed by atoms with Crippen molar-refractivity contribution in [2.75, 3.05) is 0 Å². The molecule has 1 amide bonds. The predicted molar refractivity (Wildman–Crippen MR) is 69.0 cm³/mol. The van der Waals surface area contributed by atoms with Gasteiger partial charge >= 0.3 is 0 Å². The van der Waals surface area contributed by atoms with E-state index >= 15 is 0 Å². The number of nitrogens with one attached hydrogen (secondary N) is 3. The molecule has 2 aromatic rings. The maximum absolute atomic E-state index is 11.8. The number of halogens is 2. The molecule has 0 aliphatic carbocycles. The van der Waals surface area contributed by atoms with Crippen molar-refractivity contribution in [3.8, 4) is 0 Å². The van der Waals surface area contributed by atoms with Crippen molar-refractivity contribution in [2.45, 2.75) is 6.54 Å². The van der Waals surface area contributed by atoms with E-state index in [1.807, 2.05) is 0 Å². The summed E-state index contributed by atoms with van der Waals surface area (Å²) < 4.78 is 0. The van der Waals surface area contributed by atoms with Crippen LogP contribution in [-0.2, 0) is 6.54 Å². The fourth-order valence-electron chi connectivity index (χ4n) is 1.38. The van der Waals surface area contributed by atoms with E-state index in [9.17, 15) is 9.59 Å². The first-order chi connectivity index (χ1) is 8.56. The molecule has 1 aromatic heterocycles. The Kier molecular flexibility index (Phi) is 3.74. The summed E-state index contributed by atoms with van der Waals surface area (Å²) in [6, 6.07) is 5.98. The van der Waals surface area contributed by atoms with Crippen molar-refractivity contribution in [2.24, 2.45) is 0 Å². The van der Waals surface area contributed by atoms with Crippen LogP contribution >= 0.6 is 23.2 Å². The minimum Gasteiger partial charge on any atom is -0.346 e. The van der Waals surface area contributed by atoms with Gasteiger partial charge in [0.1, 0.15) is 0 Å². The molecule has 1 heterocycles. The SMILES string of the molecule is O=C(NCc1cc(=O)[nH][nH]1)c1ccc(Cl)c(Cl)c1. The summed E-state index contributed by atoms with van der Waals surface area (Å²) in [6.07, 6.45) is 0. The van der Waals surface area contributed by atoms with Crippen LogP contribution in [0.4, 0.5) is 0 Å². The molecule has 0 spiro atoms. The molecule has 0 saturated carbocycles. The van der Waals surface area contributed by atoms with Crippen LogP contribution < -0.4 is 10.9 Å². The van der Waals surface area contributed by atoms with Gasteiger partial charge < -0.3 is 10.4 Å². The Bertz CT molecular complexity index is 633. The van der Waals surface area contributed by atoms with E-state index < -0.39 is 0 Å². The summed E-state index contributed by atoms with van der Waals surface area (Å²) in [4.78, 5) is 22.6. The molecular formula is C11H9Cl2N3O2. The molecule has 1 aromatic carbocycles. The number of aromatic nitrogens is 2. The number of hydrogen-bond donors (Lipinski definition) is 3. The zero-order chi connectivity index (χ0) is 13.1. The molecule has 0 bridgehead atoms. The monoisotopic (exact) mass is 285 g/mol. The molecule has 0 aliphatic rings. The molecule has 3 N–H and O–H groups in total. The number of aromatic amines is 2. The number of rotatable bonds is 3. The second-order valence-corrected chi connectivity index (χ2v) is 4.41. The molecule has 0 unspecified atom stereocenters. The summed E-state index contributed by atoms with van der Waals surface area (Å²) in [5.41, 5.74) is 0.754. The van der Waals surface area contributed by atoms with Crippen LogP contribution in [-0.4, -0.2) is 16.1 Å². The predicted octanol–water partition coefficient (Wildman–Crippen LogP) is 1.94. The van der Waals surface area contributed by atoms with Gasteiger partial charge in [0.15, 0.2) is 0 Å². The lowest BCUT2D eigenvalue weighted by Gasteiger charge is -2.04. The van der Waals surface area contributed by atoms with E-state index in [2.05, 4.69) is 15.5 Å². The van der Waals surface area contributed by atoms with Crippen LogP contribution in [0.15, 0.2) is 29.1 Å². The van der Waals surface area contributed by atoms with E-state index in [1.165, 1.54) is 12.1 Å². The molecule has 0 atom stereocenters. The minimum absolute atomic E-state index is 0.220. The van der Waals surface area contributed by atoms with Crippen molar-refractivity contribution >= 4 is 29.1 Å². The van der Waals surface area contributed by atoms with Crippen LogP contribution in [0.2, 0.25) is 10.0 Å². The Morgan fingerprint density at radius 2 is 1.94 bits per heavy atom. The fraction of sp³-hybridized carbons (Fsp3) is 0.0909. The first-order valence-electron chi connectivity index (χ1n) is 5.06. The Hall–Kier alpha value is -1.72. The highest BCUT2D eigenvalue weighted by molar-refractivity contribution is 6.42. The van der Waals surface area contributed by atoms with E-state index in [0.717, 1.165) is 0 Å². The normalized spacial score (nSPS) is 10.3. The fourth-order valence-corrected chi connectivity index (χ4v) is 1.68. The first-order valence-corrected chi connectivity index (χ1v) is 5.81. The maximum Gasteiger partial charge on any atom is 0.264 e. The van der Waals surface area contributed by atoms with E-state index in [4.69, 9.17) is 23.2 Å². The van der Waals surface area contributed by atoms with Gasteiger partial charge in [0, 0.05) is 11.6 Å². The van der Waals surface area contributed by atoms with Crippen LogP contribution in [0.25, 0.3) is 0 Å². The van der Waals surface area contributed by atoms with Crippen molar-refractivity contribution in [3.05, 3.63) is 55.9 Å². The van der Waals surface area contributed by atoms with Gasteiger partial charge in [-0.3, -0.25) is 14.7 Å². The average molecular weight is 286 g/mol. The van der Waals surface area contributed by atoms with Gasteiger partial charge in [-0.25, -0.2) is 0 Å². The third kappa shape index (κ3) is 2.94. The molecule has 0 fully saturated rings. The van der Waals surface area contributed by atoms with E-state index in [1.54, 1.807) is 12.1 Å². The number of hydrogen-bond acceptors (Lipinski definition) is 2. The molecule has 5 nitrogen and oxygen atoms in total. The topological polar surface area (TPSA) is 77.8 Å². The number of carbonyl (C=O) groups is 1. The first kappa shape index (κ1) is 12.7. The standard InChI is InChI=1S/C11H9Cl2N3O2/c12-8-2-1-6(3-9(8)13)11(18)14-5-7-4-10(17)16-15-7/h1-4H,5H2,(H,14,18)(H2,15,16,17). The molecule has 0 aliphatic heterocycles. The van der Waals surface area contributed by atoms with Crippen molar-refractivity contribution in [3.63, 3.8) is 0 Å². The lowest BCUT2D eigenvalue weighted by Crippen LogP contribution is -2.23. The van der Waals surface area contributed by atoms with Gasteiger partial charge in [0.25, 0.3) is 11.5 Å². The van der Waals surface area contributed by atoms with Gasteiger partial charge in [0.05, 0.1) is 22.3 Å². The highest BCUT2D eigenvalue weighted by atomic mass is 35.5. The Morgan fingerprint density at radius 1 is 1.17 bits per heavy atom. The molecule has 0 radical (unpaired) electrons. The Labute approximate surface area is 112 Å². The van der Waals surface area contributed by atoms with Gasteiger partial charge in [0.2, 0.25) is 0 Å². The lowest BCUT2D eigenvalue weighted by atomic mass is 10.2. The Morgan fingerprint density at radius 3 is 2.56 bits per heavy atom. The average Bonchev–Trinajstić information content (AvgIpc) is 2.75. The number of amides is 1. The van der Waals surface area contributed by atoms with Gasteiger partial charge in [-0.1, -0.05) is 23.2 Å². The van der Waals surface area contributed by atoms with Crippen LogP contribution in [0.3, 0.4) is 0 Å².